The zero-order valence-corrected chi connectivity index (χ0v) is 17.0. The number of urea groups is 1. The number of hydrogen-bond donors (Lipinski definition) is 3. The molecule has 0 saturated heterocycles. The lowest BCUT2D eigenvalue weighted by Gasteiger charge is -2.12. The molecular formula is C20H22BrN3O4. The molecule has 2 rings (SSSR count). The fourth-order valence-corrected chi connectivity index (χ4v) is 2.69. The summed E-state index contributed by atoms with van der Waals surface area (Å²) in [6.07, 6.45) is 0.837. The van der Waals surface area contributed by atoms with Gasteiger partial charge in [0.25, 0.3) is 0 Å². The first kappa shape index (κ1) is 21.4. The van der Waals surface area contributed by atoms with Crippen LogP contribution in [0.1, 0.15) is 18.4 Å². The van der Waals surface area contributed by atoms with Gasteiger partial charge < -0.3 is 20.7 Å². The van der Waals surface area contributed by atoms with Crippen LogP contribution in [-0.4, -0.2) is 31.6 Å². The number of nitrogens with one attached hydrogen (secondary N) is 3. The smallest absolute Gasteiger partial charge is 0.323 e. The minimum Gasteiger partial charge on any atom is -0.469 e. The van der Waals surface area contributed by atoms with Gasteiger partial charge >= 0.3 is 12.0 Å². The molecule has 0 fully saturated rings. The minimum absolute atomic E-state index is 0.136. The molecule has 8 heteroatoms. The molecule has 7 nitrogen and oxygen atoms in total. The van der Waals surface area contributed by atoms with E-state index in [0.717, 1.165) is 10.0 Å². The Kier molecular flexibility index (Phi) is 8.48. The fourth-order valence-electron chi connectivity index (χ4n) is 2.42. The van der Waals surface area contributed by atoms with Gasteiger partial charge in [-0.2, -0.15) is 0 Å². The Morgan fingerprint density at radius 3 is 2.39 bits per heavy atom. The Bertz CT molecular complexity index is 824. The van der Waals surface area contributed by atoms with Gasteiger partial charge in [0.15, 0.2) is 0 Å². The lowest BCUT2D eigenvalue weighted by atomic mass is 10.1. The van der Waals surface area contributed by atoms with E-state index in [1.165, 1.54) is 7.11 Å². The van der Waals surface area contributed by atoms with E-state index in [-0.39, 0.29) is 37.3 Å². The third-order valence-electron chi connectivity index (χ3n) is 3.87. The number of carbonyl (C=O) groups excluding carboxylic acids is 3. The fraction of sp³-hybridized carbons (Fsp3) is 0.250. The highest BCUT2D eigenvalue weighted by Crippen LogP contribution is 2.18. The van der Waals surface area contributed by atoms with Gasteiger partial charge in [-0.05, 0) is 42.3 Å². The summed E-state index contributed by atoms with van der Waals surface area (Å²) < 4.78 is 5.45. The third kappa shape index (κ3) is 7.40. The molecular weight excluding hydrogens is 426 g/mol. The van der Waals surface area contributed by atoms with Crippen LogP contribution < -0.4 is 16.0 Å². The van der Waals surface area contributed by atoms with Crippen LogP contribution in [0.15, 0.2) is 53.0 Å². The molecule has 2 aromatic carbocycles. The molecule has 0 atom stereocenters. The Labute approximate surface area is 172 Å². The summed E-state index contributed by atoms with van der Waals surface area (Å²) in [6.45, 7) is 0.237. The summed E-state index contributed by atoms with van der Waals surface area (Å²) in [5.74, 6) is -0.537. The monoisotopic (exact) mass is 447 g/mol. The van der Waals surface area contributed by atoms with Gasteiger partial charge in [-0.25, -0.2) is 4.79 Å². The lowest BCUT2D eigenvalue weighted by Crippen LogP contribution is -2.26. The van der Waals surface area contributed by atoms with Crippen molar-refractivity contribution in [2.75, 3.05) is 24.3 Å². The van der Waals surface area contributed by atoms with E-state index in [4.69, 9.17) is 0 Å². The van der Waals surface area contributed by atoms with Crippen molar-refractivity contribution in [3.05, 3.63) is 58.6 Å². The van der Waals surface area contributed by atoms with Crippen LogP contribution in [0.4, 0.5) is 16.2 Å². The second kappa shape index (κ2) is 11.1. The largest absolute Gasteiger partial charge is 0.469 e. The van der Waals surface area contributed by atoms with Crippen molar-refractivity contribution in [1.82, 2.24) is 5.32 Å². The number of esters is 1. The predicted molar refractivity (Wildman–Crippen MR) is 111 cm³/mol. The van der Waals surface area contributed by atoms with E-state index >= 15 is 0 Å². The van der Waals surface area contributed by atoms with Gasteiger partial charge in [0.1, 0.15) is 0 Å². The SMILES string of the molecule is COC(=O)CCNC(=O)CCc1ccccc1NC(=O)Nc1ccc(Br)cc1. The molecule has 0 aromatic heterocycles. The molecule has 0 saturated carbocycles. The molecule has 0 radical (unpaired) electrons. The second-order valence-electron chi connectivity index (χ2n) is 5.92. The second-order valence-corrected chi connectivity index (χ2v) is 6.83. The first-order chi connectivity index (χ1) is 13.5. The molecule has 0 spiro atoms. The Hall–Kier alpha value is -2.87. The Balaban J connectivity index is 1.86. The molecule has 0 unspecified atom stereocenters. The maximum absolute atomic E-state index is 12.2. The van der Waals surface area contributed by atoms with Crippen molar-refractivity contribution >= 4 is 45.2 Å². The maximum atomic E-state index is 12.2. The van der Waals surface area contributed by atoms with Crippen LogP contribution in [0.3, 0.4) is 0 Å². The van der Waals surface area contributed by atoms with Crippen LogP contribution in [0.5, 0.6) is 0 Å². The zero-order valence-electron chi connectivity index (χ0n) is 15.5. The van der Waals surface area contributed by atoms with Gasteiger partial charge in [0.2, 0.25) is 5.91 Å². The number of amides is 3. The highest BCUT2D eigenvalue weighted by Gasteiger charge is 2.09. The van der Waals surface area contributed by atoms with Crippen molar-refractivity contribution in [2.45, 2.75) is 19.3 Å². The Morgan fingerprint density at radius 2 is 1.68 bits per heavy atom. The summed E-state index contributed by atoms with van der Waals surface area (Å²) in [4.78, 5) is 35.2. The average molecular weight is 448 g/mol. The summed E-state index contributed by atoms with van der Waals surface area (Å²) in [5.41, 5.74) is 2.15. The lowest BCUT2D eigenvalue weighted by molar-refractivity contribution is -0.140. The number of methoxy groups -OCH3 is 1. The number of rotatable bonds is 8. The number of aryl methyl sites for hydroxylation is 1. The Morgan fingerprint density at radius 1 is 0.964 bits per heavy atom. The molecule has 148 valence electrons. The van der Waals surface area contributed by atoms with Gasteiger partial charge in [-0.15, -0.1) is 0 Å². The molecule has 0 aliphatic carbocycles. The number of ether oxygens (including phenoxy) is 1. The molecule has 3 amide bonds. The summed E-state index contributed by atoms with van der Waals surface area (Å²) in [6, 6.07) is 14.2. The van der Waals surface area contributed by atoms with E-state index < -0.39 is 0 Å². The number of halogens is 1. The summed E-state index contributed by atoms with van der Waals surface area (Å²) in [7, 11) is 1.31. The topological polar surface area (TPSA) is 96.5 Å². The first-order valence-corrected chi connectivity index (χ1v) is 9.52. The van der Waals surface area contributed by atoms with Crippen molar-refractivity contribution < 1.29 is 19.1 Å². The standard InChI is InChI=1S/C20H22BrN3O4/c1-28-19(26)12-13-22-18(25)11-6-14-4-2-3-5-17(14)24-20(27)23-16-9-7-15(21)8-10-16/h2-5,7-10H,6,11-13H2,1H3,(H,22,25)(H2,23,24,27). The summed E-state index contributed by atoms with van der Waals surface area (Å²) in [5, 5.41) is 8.24. The minimum atomic E-state index is -0.369. The van der Waals surface area contributed by atoms with Crippen LogP contribution in [0.25, 0.3) is 0 Å². The first-order valence-electron chi connectivity index (χ1n) is 8.73. The number of hydrogen-bond acceptors (Lipinski definition) is 4. The van der Waals surface area contributed by atoms with Gasteiger partial charge in [0.05, 0.1) is 13.5 Å². The molecule has 0 aliphatic heterocycles. The molecule has 3 N–H and O–H groups in total. The highest BCUT2D eigenvalue weighted by atomic mass is 79.9. The van der Waals surface area contributed by atoms with E-state index in [1.54, 1.807) is 18.2 Å². The molecule has 0 heterocycles. The number of benzene rings is 2. The van der Waals surface area contributed by atoms with Crippen LogP contribution >= 0.6 is 15.9 Å². The van der Waals surface area contributed by atoms with Gasteiger partial charge in [0, 0.05) is 28.8 Å². The average Bonchev–Trinajstić information content (AvgIpc) is 2.69. The van der Waals surface area contributed by atoms with Crippen molar-refractivity contribution in [1.29, 1.82) is 0 Å². The van der Waals surface area contributed by atoms with Gasteiger partial charge in [-0.1, -0.05) is 34.1 Å². The van der Waals surface area contributed by atoms with E-state index in [9.17, 15) is 14.4 Å². The van der Waals surface area contributed by atoms with Gasteiger partial charge in [-0.3, -0.25) is 9.59 Å². The maximum Gasteiger partial charge on any atom is 0.323 e. The van der Waals surface area contributed by atoms with E-state index in [1.807, 2.05) is 30.3 Å². The normalized spacial score (nSPS) is 10.1. The molecule has 0 bridgehead atoms. The molecule has 28 heavy (non-hydrogen) atoms. The molecule has 2 aromatic rings. The highest BCUT2D eigenvalue weighted by molar-refractivity contribution is 9.10. The quantitative estimate of drug-likeness (QED) is 0.537. The van der Waals surface area contributed by atoms with Crippen LogP contribution in [-0.2, 0) is 20.7 Å². The molecule has 0 aliphatic rings. The van der Waals surface area contributed by atoms with Crippen molar-refractivity contribution in [3.8, 4) is 0 Å². The van der Waals surface area contributed by atoms with Crippen LogP contribution in [0, 0.1) is 0 Å². The van der Waals surface area contributed by atoms with Crippen LogP contribution in [0.2, 0.25) is 0 Å². The number of carbonyl (C=O) groups is 3. The summed E-state index contributed by atoms with van der Waals surface area (Å²) >= 11 is 3.35. The number of anilines is 2. The number of para-hydroxylation sites is 1. The van der Waals surface area contributed by atoms with Crippen molar-refractivity contribution in [3.63, 3.8) is 0 Å². The van der Waals surface area contributed by atoms with E-state index in [2.05, 4.69) is 36.6 Å². The zero-order chi connectivity index (χ0) is 20.4. The van der Waals surface area contributed by atoms with E-state index in [0.29, 0.717) is 17.8 Å². The third-order valence-corrected chi connectivity index (χ3v) is 4.40. The predicted octanol–water partition coefficient (Wildman–Crippen LogP) is 3.71. The van der Waals surface area contributed by atoms with Crippen molar-refractivity contribution in [2.24, 2.45) is 0 Å².